The summed E-state index contributed by atoms with van der Waals surface area (Å²) in [6.07, 6.45) is 1.77. The molecule has 22 heavy (non-hydrogen) atoms. The third kappa shape index (κ3) is 4.35. The highest BCUT2D eigenvalue weighted by molar-refractivity contribution is 5.85. The van der Waals surface area contributed by atoms with Gasteiger partial charge in [0.2, 0.25) is 5.91 Å². The van der Waals surface area contributed by atoms with E-state index in [0.29, 0.717) is 19.8 Å². The van der Waals surface area contributed by atoms with E-state index >= 15 is 0 Å². The number of benzene rings is 1. The summed E-state index contributed by atoms with van der Waals surface area (Å²) in [7, 11) is 1.65. The van der Waals surface area contributed by atoms with Crippen molar-refractivity contribution in [1.29, 1.82) is 0 Å². The predicted molar refractivity (Wildman–Crippen MR) is 88.6 cm³/mol. The van der Waals surface area contributed by atoms with Crippen LogP contribution in [0.1, 0.15) is 25.3 Å². The van der Waals surface area contributed by atoms with Crippen LogP contribution >= 0.6 is 12.4 Å². The van der Waals surface area contributed by atoms with Gasteiger partial charge in [0.15, 0.2) is 0 Å². The predicted octanol–water partition coefficient (Wildman–Crippen LogP) is 1.63. The third-order valence-electron chi connectivity index (χ3n) is 4.17. The van der Waals surface area contributed by atoms with Crippen LogP contribution in [0.4, 0.5) is 0 Å². The molecule has 1 saturated heterocycles. The summed E-state index contributed by atoms with van der Waals surface area (Å²) in [4.78, 5) is 11.8. The number of nitrogens with two attached hydrogens (primary N) is 1. The van der Waals surface area contributed by atoms with E-state index in [0.717, 1.165) is 18.6 Å². The van der Waals surface area contributed by atoms with E-state index in [1.807, 2.05) is 12.1 Å². The molecule has 2 rings (SSSR count). The van der Waals surface area contributed by atoms with Gasteiger partial charge in [-0.25, -0.2) is 0 Å². The summed E-state index contributed by atoms with van der Waals surface area (Å²) in [6, 6.07) is 7.57. The minimum atomic E-state index is -0.488. The Morgan fingerprint density at radius 2 is 1.95 bits per heavy atom. The molecule has 0 aromatic heterocycles. The highest BCUT2D eigenvalue weighted by atomic mass is 35.5. The number of amides is 1. The Balaban J connectivity index is 0.00000242. The van der Waals surface area contributed by atoms with Crippen LogP contribution in [-0.4, -0.2) is 38.8 Å². The average Bonchev–Trinajstić information content (AvgIpc) is 2.53. The molecule has 0 spiro atoms. The maximum absolute atomic E-state index is 11.8. The Morgan fingerprint density at radius 1 is 1.36 bits per heavy atom. The van der Waals surface area contributed by atoms with Gasteiger partial charge in [0.1, 0.15) is 5.75 Å². The standard InChI is InChI=1S/C16H24N2O3.ClH/c1-12(17)15(19)18-11-16(7-9-21-10-8-16)13-3-5-14(20-2)6-4-13;/h3-6,12H,7-11,17H2,1-2H3,(H,18,19);1H/t12-;/m0./s1. The second kappa shape index (κ2) is 8.36. The molecular formula is C16H25ClN2O3. The molecule has 1 heterocycles. The lowest BCUT2D eigenvalue weighted by molar-refractivity contribution is -0.122. The van der Waals surface area contributed by atoms with Crippen molar-refractivity contribution in [3.05, 3.63) is 29.8 Å². The monoisotopic (exact) mass is 328 g/mol. The highest BCUT2D eigenvalue weighted by Crippen LogP contribution is 2.35. The van der Waals surface area contributed by atoms with Crippen molar-refractivity contribution in [2.24, 2.45) is 5.73 Å². The van der Waals surface area contributed by atoms with Gasteiger partial charge >= 0.3 is 0 Å². The van der Waals surface area contributed by atoms with Crippen LogP contribution < -0.4 is 15.8 Å². The van der Waals surface area contributed by atoms with Crippen molar-refractivity contribution in [3.63, 3.8) is 0 Å². The number of methoxy groups -OCH3 is 1. The second-order valence-corrected chi connectivity index (χ2v) is 5.63. The van der Waals surface area contributed by atoms with Crippen LogP contribution in [0.25, 0.3) is 0 Å². The Bertz CT molecular complexity index is 471. The van der Waals surface area contributed by atoms with Gasteiger partial charge in [-0.1, -0.05) is 12.1 Å². The van der Waals surface area contributed by atoms with Gasteiger partial charge in [-0.05, 0) is 37.5 Å². The lowest BCUT2D eigenvalue weighted by Gasteiger charge is -2.38. The molecule has 1 aromatic carbocycles. The molecule has 1 fully saturated rings. The first-order valence-corrected chi connectivity index (χ1v) is 7.33. The average molecular weight is 329 g/mol. The number of nitrogens with one attached hydrogen (secondary N) is 1. The Hall–Kier alpha value is -1.30. The Labute approximate surface area is 138 Å². The summed E-state index contributed by atoms with van der Waals surface area (Å²) < 4.78 is 10.7. The molecule has 0 saturated carbocycles. The molecule has 6 heteroatoms. The van der Waals surface area contributed by atoms with E-state index in [2.05, 4.69) is 17.4 Å². The normalized spacial score (nSPS) is 18.0. The van der Waals surface area contributed by atoms with Crippen LogP contribution in [-0.2, 0) is 14.9 Å². The van der Waals surface area contributed by atoms with Crippen LogP contribution in [0.5, 0.6) is 5.75 Å². The zero-order valence-electron chi connectivity index (χ0n) is 13.1. The van der Waals surface area contributed by atoms with Crippen LogP contribution in [0.2, 0.25) is 0 Å². The Morgan fingerprint density at radius 3 is 2.45 bits per heavy atom. The second-order valence-electron chi connectivity index (χ2n) is 5.63. The van der Waals surface area contributed by atoms with Crippen LogP contribution in [0.15, 0.2) is 24.3 Å². The summed E-state index contributed by atoms with van der Waals surface area (Å²) in [5.74, 6) is 0.718. The number of rotatable bonds is 5. The van der Waals surface area contributed by atoms with E-state index in [-0.39, 0.29) is 23.7 Å². The molecule has 1 amide bonds. The third-order valence-corrected chi connectivity index (χ3v) is 4.17. The smallest absolute Gasteiger partial charge is 0.236 e. The lowest BCUT2D eigenvalue weighted by Crippen LogP contribution is -2.48. The maximum atomic E-state index is 11.8. The van der Waals surface area contributed by atoms with Crippen LogP contribution in [0, 0.1) is 0 Å². The summed E-state index contributed by atoms with van der Waals surface area (Å²) in [6.45, 7) is 3.70. The van der Waals surface area contributed by atoms with Crippen molar-refractivity contribution >= 4 is 18.3 Å². The molecule has 0 aliphatic carbocycles. The molecule has 0 radical (unpaired) electrons. The van der Waals surface area contributed by atoms with Gasteiger partial charge in [-0.15, -0.1) is 12.4 Å². The molecule has 1 atom stereocenters. The minimum Gasteiger partial charge on any atom is -0.497 e. The fraction of sp³-hybridized carbons (Fsp3) is 0.562. The zero-order chi connectivity index (χ0) is 15.3. The van der Waals surface area contributed by atoms with Gasteiger partial charge < -0.3 is 20.5 Å². The summed E-state index contributed by atoms with van der Waals surface area (Å²) >= 11 is 0. The van der Waals surface area contributed by atoms with Crippen LogP contribution in [0.3, 0.4) is 0 Å². The van der Waals surface area contributed by atoms with Crippen molar-refractivity contribution in [1.82, 2.24) is 5.32 Å². The minimum absolute atomic E-state index is 0. The fourth-order valence-corrected chi connectivity index (χ4v) is 2.69. The molecule has 5 nitrogen and oxygen atoms in total. The topological polar surface area (TPSA) is 73.6 Å². The molecule has 0 bridgehead atoms. The maximum Gasteiger partial charge on any atom is 0.236 e. The van der Waals surface area contributed by atoms with Gasteiger partial charge in [0, 0.05) is 25.2 Å². The largest absolute Gasteiger partial charge is 0.497 e. The van der Waals surface area contributed by atoms with Crippen molar-refractivity contribution in [3.8, 4) is 5.75 Å². The van der Waals surface area contributed by atoms with Crippen molar-refractivity contribution < 1.29 is 14.3 Å². The van der Waals surface area contributed by atoms with Gasteiger partial charge in [0.25, 0.3) is 0 Å². The molecule has 124 valence electrons. The number of hydrogen-bond acceptors (Lipinski definition) is 4. The number of ether oxygens (including phenoxy) is 2. The number of halogens is 1. The molecule has 1 aliphatic rings. The summed E-state index contributed by atoms with van der Waals surface area (Å²) in [5, 5.41) is 2.97. The SMILES string of the molecule is COc1ccc(C2(CNC(=O)[C@H](C)N)CCOCC2)cc1.Cl. The van der Waals surface area contributed by atoms with Gasteiger partial charge in [-0.3, -0.25) is 4.79 Å². The molecule has 1 aromatic rings. The quantitative estimate of drug-likeness (QED) is 0.861. The molecule has 1 aliphatic heterocycles. The van der Waals surface area contributed by atoms with Gasteiger partial charge in [-0.2, -0.15) is 0 Å². The Kier molecular flexibility index (Phi) is 7.13. The molecule has 0 unspecified atom stereocenters. The number of carbonyl (C=O) groups excluding carboxylic acids is 1. The first kappa shape index (κ1) is 18.7. The lowest BCUT2D eigenvalue weighted by atomic mass is 9.74. The van der Waals surface area contributed by atoms with E-state index in [1.54, 1.807) is 14.0 Å². The van der Waals surface area contributed by atoms with E-state index in [9.17, 15) is 4.79 Å². The van der Waals surface area contributed by atoms with Crippen molar-refractivity contribution in [2.45, 2.75) is 31.2 Å². The summed E-state index contributed by atoms with van der Waals surface area (Å²) in [5.41, 5.74) is 6.73. The molecular weight excluding hydrogens is 304 g/mol. The van der Waals surface area contributed by atoms with E-state index in [1.165, 1.54) is 5.56 Å². The molecule has 3 N–H and O–H groups in total. The van der Waals surface area contributed by atoms with E-state index < -0.39 is 6.04 Å². The number of carbonyl (C=O) groups is 1. The van der Waals surface area contributed by atoms with Gasteiger partial charge in [0.05, 0.1) is 13.2 Å². The highest BCUT2D eigenvalue weighted by Gasteiger charge is 2.35. The first-order valence-electron chi connectivity index (χ1n) is 7.33. The van der Waals surface area contributed by atoms with E-state index in [4.69, 9.17) is 15.2 Å². The zero-order valence-corrected chi connectivity index (χ0v) is 13.9. The van der Waals surface area contributed by atoms with Crippen molar-refractivity contribution in [2.75, 3.05) is 26.9 Å². The first-order chi connectivity index (χ1) is 10.1. The fourth-order valence-electron chi connectivity index (χ4n) is 2.69. The number of hydrogen-bond donors (Lipinski definition) is 2.